The highest BCUT2D eigenvalue weighted by Gasteiger charge is 2.46. The molecule has 0 spiro atoms. The van der Waals surface area contributed by atoms with E-state index in [1.165, 1.54) is 0 Å². The number of carbonyl (C=O) groups is 2. The molecule has 142 valence electrons. The molecule has 1 N–H and O–H groups in total. The van der Waals surface area contributed by atoms with Crippen LogP contribution in [0.3, 0.4) is 0 Å². The van der Waals surface area contributed by atoms with Gasteiger partial charge in [0.05, 0.1) is 12.5 Å². The van der Waals surface area contributed by atoms with Crippen LogP contribution in [-0.4, -0.2) is 54.2 Å². The van der Waals surface area contributed by atoms with Crippen LogP contribution in [0.4, 0.5) is 0 Å². The van der Waals surface area contributed by atoms with Crippen molar-refractivity contribution in [3.05, 3.63) is 17.5 Å². The first-order chi connectivity index (χ1) is 12.5. The van der Waals surface area contributed by atoms with Gasteiger partial charge < -0.3 is 19.5 Å². The largest absolute Gasteiger partial charge is 0.466 e. The van der Waals surface area contributed by atoms with Crippen LogP contribution in [0.25, 0.3) is 0 Å². The van der Waals surface area contributed by atoms with Crippen LogP contribution in [-0.2, 0) is 9.53 Å². The Kier molecular flexibility index (Phi) is 4.73. The number of carbonyl (C=O) groups excluding carboxylic acids is 2. The minimum absolute atomic E-state index is 0.0629. The van der Waals surface area contributed by atoms with Crippen molar-refractivity contribution in [3.8, 4) is 0 Å². The lowest BCUT2D eigenvalue weighted by Gasteiger charge is -2.16. The lowest BCUT2D eigenvalue weighted by molar-refractivity contribution is -0.145. The second-order valence-corrected chi connectivity index (χ2v) is 8.02. The van der Waals surface area contributed by atoms with Gasteiger partial charge >= 0.3 is 5.97 Å². The van der Waals surface area contributed by atoms with E-state index >= 15 is 0 Å². The van der Waals surface area contributed by atoms with Crippen molar-refractivity contribution >= 4 is 11.9 Å². The molecule has 4 atom stereocenters. The second-order valence-electron chi connectivity index (χ2n) is 8.02. The van der Waals surface area contributed by atoms with Gasteiger partial charge in [-0.05, 0) is 38.0 Å². The number of hydrogen-bond donors (Lipinski definition) is 1. The molecule has 3 fully saturated rings. The maximum atomic E-state index is 12.4. The monoisotopic (exact) mass is 361 g/mol. The molecule has 2 saturated carbocycles. The van der Waals surface area contributed by atoms with E-state index in [-0.39, 0.29) is 23.8 Å². The summed E-state index contributed by atoms with van der Waals surface area (Å²) < 4.78 is 10.4. The Bertz CT molecular complexity index is 684. The van der Waals surface area contributed by atoms with E-state index in [1.807, 2.05) is 6.92 Å². The molecule has 1 aliphatic heterocycles. The van der Waals surface area contributed by atoms with Crippen LogP contribution < -0.4 is 5.32 Å². The fraction of sp³-hybridized carbons (Fsp3) is 0.737. The van der Waals surface area contributed by atoms with Gasteiger partial charge in [-0.15, -0.1) is 0 Å². The van der Waals surface area contributed by atoms with Crippen LogP contribution in [0.2, 0.25) is 0 Å². The molecule has 1 aromatic rings. The first-order valence-corrected chi connectivity index (χ1v) is 9.71. The number of aromatic nitrogens is 1. The highest BCUT2D eigenvalue weighted by atomic mass is 16.5. The van der Waals surface area contributed by atoms with E-state index in [0.717, 1.165) is 44.7 Å². The van der Waals surface area contributed by atoms with Crippen LogP contribution in [0, 0.1) is 17.8 Å². The van der Waals surface area contributed by atoms with Crippen molar-refractivity contribution in [1.82, 2.24) is 15.4 Å². The molecule has 0 aromatic carbocycles. The first kappa shape index (κ1) is 17.5. The number of hydrogen-bond acceptors (Lipinski definition) is 6. The minimum Gasteiger partial charge on any atom is -0.466 e. The third-order valence-electron chi connectivity index (χ3n) is 5.75. The van der Waals surface area contributed by atoms with Crippen molar-refractivity contribution in [1.29, 1.82) is 0 Å². The van der Waals surface area contributed by atoms with Crippen molar-refractivity contribution in [3.63, 3.8) is 0 Å². The Morgan fingerprint density at radius 2 is 2.19 bits per heavy atom. The van der Waals surface area contributed by atoms with Gasteiger partial charge in [0.1, 0.15) is 5.76 Å². The number of ether oxygens (including phenoxy) is 1. The summed E-state index contributed by atoms with van der Waals surface area (Å²) in [6.45, 7) is 7.08. The summed E-state index contributed by atoms with van der Waals surface area (Å²) in [6.07, 6.45) is 3.17. The summed E-state index contributed by atoms with van der Waals surface area (Å²) in [4.78, 5) is 26.6. The molecule has 1 aromatic heterocycles. The zero-order valence-electron chi connectivity index (χ0n) is 15.4. The smallest absolute Gasteiger partial charge is 0.309 e. The van der Waals surface area contributed by atoms with E-state index in [1.54, 1.807) is 6.07 Å². The molecule has 2 unspecified atom stereocenters. The molecule has 2 heterocycles. The maximum absolute atomic E-state index is 12.4. The standard InChI is InChI=1S/C19H27N3O4/c1-3-25-19(24)14-6-13(14)9-22-8-11(2)16(10-22)20-18(23)15-7-17(26-21-15)12-4-5-12/h7,11-14,16H,3-6,8-10H2,1-2H3,(H,20,23)/t11-,13?,14?,16-/m1/s1. The summed E-state index contributed by atoms with van der Waals surface area (Å²) in [7, 11) is 0. The molecule has 0 bridgehead atoms. The van der Waals surface area contributed by atoms with Crippen molar-refractivity contribution in [2.75, 3.05) is 26.2 Å². The number of esters is 1. The quantitative estimate of drug-likeness (QED) is 0.746. The predicted molar refractivity (Wildman–Crippen MR) is 93.6 cm³/mol. The van der Waals surface area contributed by atoms with E-state index in [9.17, 15) is 9.59 Å². The third kappa shape index (κ3) is 3.77. The maximum Gasteiger partial charge on any atom is 0.309 e. The topological polar surface area (TPSA) is 84.7 Å². The number of amides is 1. The van der Waals surface area contributed by atoms with Gasteiger partial charge in [-0.25, -0.2) is 0 Å². The zero-order valence-corrected chi connectivity index (χ0v) is 15.4. The van der Waals surface area contributed by atoms with Crippen LogP contribution >= 0.6 is 0 Å². The number of rotatable bonds is 7. The minimum atomic E-state index is -0.157. The molecule has 7 heteroatoms. The molecule has 1 saturated heterocycles. The van der Waals surface area contributed by atoms with Crippen molar-refractivity contribution < 1.29 is 18.8 Å². The molecule has 26 heavy (non-hydrogen) atoms. The summed E-state index contributed by atoms with van der Waals surface area (Å²) in [5.41, 5.74) is 0.377. The van der Waals surface area contributed by atoms with E-state index in [4.69, 9.17) is 9.26 Å². The van der Waals surface area contributed by atoms with Crippen LogP contribution in [0.1, 0.15) is 55.3 Å². The highest BCUT2D eigenvalue weighted by molar-refractivity contribution is 5.92. The van der Waals surface area contributed by atoms with Gasteiger partial charge in [-0.2, -0.15) is 0 Å². The Labute approximate surface area is 153 Å². The van der Waals surface area contributed by atoms with Gasteiger partial charge in [0.2, 0.25) is 0 Å². The fourth-order valence-electron chi connectivity index (χ4n) is 3.92. The van der Waals surface area contributed by atoms with Gasteiger partial charge in [0.15, 0.2) is 5.69 Å². The fourth-order valence-corrected chi connectivity index (χ4v) is 3.92. The third-order valence-corrected chi connectivity index (χ3v) is 5.75. The number of nitrogens with one attached hydrogen (secondary N) is 1. The van der Waals surface area contributed by atoms with Crippen LogP contribution in [0.15, 0.2) is 10.6 Å². The van der Waals surface area contributed by atoms with Crippen LogP contribution in [0.5, 0.6) is 0 Å². The number of likely N-dealkylation sites (tertiary alicyclic amines) is 1. The van der Waals surface area contributed by atoms with E-state index in [0.29, 0.717) is 30.1 Å². The Hall–Kier alpha value is -1.89. The summed E-state index contributed by atoms with van der Waals surface area (Å²) in [5, 5.41) is 7.02. The van der Waals surface area contributed by atoms with Gasteiger partial charge in [-0.1, -0.05) is 12.1 Å². The second kappa shape index (κ2) is 7.02. The summed E-state index contributed by atoms with van der Waals surface area (Å²) in [6, 6.07) is 1.88. The van der Waals surface area contributed by atoms with Gasteiger partial charge in [0.25, 0.3) is 5.91 Å². The summed E-state index contributed by atoms with van der Waals surface area (Å²) >= 11 is 0. The molecule has 1 amide bonds. The SMILES string of the molecule is CCOC(=O)C1CC1CN1C[C@@H](C)[C@H](NC(=O)c2cc(C3CC3)on2)C1. The molecule has 4 rings (SSSR count). The normalized spacial score (nSPS) is 31.0. The van der Waals surface area contributed by atoms with Crippen molar-refractivity contribution in [2.45, 2.75) is 45.1 Å². The highest BCUT2D eigenvalue weighted by Crippen LogP contribution is 2.41. The average Bonchev–Trinajstić information content (AvgIpc) is 3.51. The van der Waals surface area contributed by atoms with E-state index < -0.39 is 0 Å². The molecular weight excluding hydrogens is 334 g/mol. The predicted octanol–water partition coefficient (Wildman–Crippen LogP) is 1.80. The van der Waals surface area contributed by atoms with E-state index in [2.05, 4.69) is 22.3 Å². The molecule has 3 aliphatic rings. The first-order valence-electron chi connectivity index (χ1n) is 9.71. The van der Waals surface area contributed by atoms with Gasteiger partial charge in [-0.3, -0.25) is 9.59 Å². The Morgan fingerprint density at radius 1 is 1.38 bits per heavy atom. The molecule has 0 radical (unpaired) electrons. The Balaban J connectivity index is 1.26. The zero-order chi connectivity index (χ0) is 18.3. The van der Waals surface area contributed by atoms with Crippen molar-refractivity contribution in [2.24, 2.45) is 17.8 Å². The molecule has 7 nitrogen and oxygen atoms in total. The molecule has 2 aliphatic carbocycles. The lowest BCUT2D eigenvalue weighted by Crippen LogP contribution is -2.40. The molecular formula is C19H27N3O4. The summed E-state index contributed by atoms with van der Waals surface area (Å²) in [5.74, 6) is 1.89. The average molecular weight is 361 g/mol. The van der Waals surface area contributed by atoms with Gasteiger partial charge in [0, 0.05) is 37.7 Å². The lowest BCUT2D eigenvalue weighted by atomic mass is 10.1. The Morgan fingerprint density at radius 3 is 2.92 bits per heavy atom. The number of nitrogens with zero attached hydrogens (tertiary/aromatic N) is 2.